The molecule has 0 bridgehead atoms. The zero-order valence-corrected chi connectivity index (χ0v) is 11.8. The number of amides is 1. The number of imidazole rings is 1. The van der Waals surface area contributed by atoms with Crippen molar-refractivity contribution in [2.24, 2.45) is 0 Å². The number of hydrogen-bond donors (Lipinski definition) is 0. The second-order valence-corrected chi connectivity index (χ2v) is 5.81. The summed E-state index contributed by atoms with van der Waals surface area (Å²) in [7, 11) is 0. The standard InChI is InChI=1S/C14H20N4O2/c1-2-16-6-4-15-12(16)10-17-5-3-14-11(17)9-13(19)18(14)7-8-20-14/h4,6,11H,2-3,5,7-10H2,1H3/t11-,14+/m1/s1. The normalized spacial score (nSPS) is 33.0. The Labute approximate surface area is 118 Å². The minimum atomic E-state index is -0.333. The van der Waals surface area contributed by atoms with E-state index in [1.54, 1.807) is 0 Å². The molecular formula is C14H20N4O2. The lowest BCUT2D eigenvalue weighted by molar-refractivity contribution is -0.136. The van der Waals surface area contributed by atoms with Gasteiger partial charge in [0.25, 0.3) is 0 Å². The molecule has 2 atom stereocenters. The SMILES string of the molecule is CCn1ccnc1CN1CC[C@@]23OCCN2C(=O)C[C@@H]13. The predicted molar refractivity (Wildman–Crippen MR) is 71.7 cm³/mol. The van der Waals surface area contributed by atoms with E-state index in [0.717, 1.165) is 38.4 Å². The highest BCUT2D eigenvalue weighted by Crippen LogP contribution is 2.45. The summed E-state index contributed by atoms with van der Waals surface area (Å²) in [5.41, 5.74) is -0.333. The van der Waals surface area contributed by atoms with Gasteiger partial charge in [-0.25, -0.2) is 4.98 Å². The van der Waals surface area contributed by atoms with Gasteiger partial charge in [-0.1, -0.05) is 0 Å². The van der Waals surface area contributed by atoms with Crippen LogP contribution in [0.2, 0.25) is 0 Å². The van der Waals surface area contributed by atoms with Gasteiger partial charge in [0.1, 0.15) is 5.82 Å². The first kappa shape index (κ1) is 12.3. The molecule has 4 heterocycles. The number of aryl methyl sites for hydroxylation is 1. The number of aromatic nitrogens is 2. The summed E-state index contributed by atoms with van der Waals surface area (Å²) in [5.74, 6) is 1.32. The summed E-state index contributed by atoms with van der Waals surface area (Å²) in [6.45, 7) is 6.27. The Morgan fingerprint density at radius 1 is 1.50 bits per heavy atom. The van der Waals surface area contributed by atoms with E-state index in [9.17, 15) is 4.79 Å². The van der Waals surface area contributed by atoms with Crippen molar-refractivity contribution in [2.45, 2.75) is 44.6 Å². The number of rotatable bonds is 3. The van der Waals surface area contributed by atoms with Crippen molar-refractivity contribution in [3.05, 3.63) is 18.2 Å². The van der Waals surface area contributed by atoms with Crippen molar-refractivity contribution in [3.8, 4) is 0 Å². The highest BCUT2D eigenvalue weighted by atomic mass is 16.5. The van der Waals surface area contributed by atoms with Crippen LogP contribution in [-0.2, 0) is 22.6 Å². The van der Waals surface area contributed by atoms with E-state index in [-0.39, 0.29) is 17.7 Å². The lowest BCUT2D eigenvalue weighted by Gasteiger charge is -2.31. The Hall–Kier alpha value is -1.40. The summed E-state index contributed by atoms with van der Waals surface area (Å²) in [5, 5.41) is 0. The molecule has 1 aromatic rings. The molecule has 0 saturated carbocycles. The van der Waals surface area contributed by atoms with Crippen molar-refractivity contribution in [1.29, 1.82) is 0 Å². The van der Waals surface area contributed by atoms with E-state index in [4.69, 9.17) is 4.74 Å². The van der Waals surface area contributed by atoms with Crippen LogP contribution in [0.4, 0.5) is 0 Å². The van der Waals surface area contributed by atoms with E-state index in [1.807, 2.05) is 17.3 Å². The van der Waals surface area contributed by atoms with Gasteiger partial charge in [0.2, 0.25) is 5.91 Å². The Bertz CT molecular complexity index is 543. The smallest absolute Gasteiger partial charge is 0.226 e. The number of likely N-dealkylation sites (tertiary alicyclic amines) is 1. The van der Waals surface area contributed by atoms with Gasteiger partial charge in [-0.05, 0) is 6.92 Å². The number of nitrogens with zero attached hydrogens (tertiary/aromatic N) is 4. The molecule has 1 amide bonds. The van der Waals surface area contributed by atoms with Crippen LogP contribution in [0, 0.1) is 0 Å². The third-order valence-corrected chi connectivity index (χ3v) is 5.00. The fourth-order valence-corrected chi connectivity index (χ4v) is 4.03. The molecule has 108 valence electrons. The average molecular weight is 276 g/mol. The van der Waals surface area contributed by atoms with Gasteiger partial charge in [0, 0.05) is 44.9 Å². The van der Waals surface area contributed by atoms with Gasteiger partial charge in [-0.15, -0.1) is 0 Å². The maximum atomic E-state index is 12.1. The molecule has 0 radical (unpaired) electrons. The number of carbonyl (C=O) groups is 1. The minimum absolute atomic E-state index is 0.194. The Morgan fingerprint density at radius 2 is 2.40 bits per heavy atom. The summed E-state index contributed by atoms with van der Waals surface area (Å²) in [6.07, 6.45) is 5.38. The monoisotopic (exact) mass is 276 g/mol. The zero-order valence-electron chi connectivity index (χ0n) is 11.8. The molecule has 1 spiro atoms. The summed E-state index contributed by atoms with van der Waals surface area (Å²) >= 11 is 0. The highest BCUT2D eigenvalue weighted by molar-refractivity contribution is 5.81. The van der Waals surface area contributed by atoms with Gasteiger partial charge >= 0.3 is 0 Å². The second-order valence-electron chi connectivity index (χ2n) is 5.81. The van der Waals surface area contributed by atoms with Crippen LogP contribution in [0.3, 0.4) is 0 Å². The molecule has 3 aliphatic heterocycles. The molecule has 20 heavy (non-hydrogen) atoms. The van der Waals surface area contributed by atoms with E-state index in [1.165, 1.54) is 0 Å². The van der Waals surface area contributed by atoms with Crippen molar-refractivity contribution in [3.63, 3.8) is 0 Å². The fourth-order valence-electron chi connectivity index (χ4n) is 4.03. The molecule has 4 rings (SSSR count). The van der Waals surface area contributed by atoms with Gasteiger partial charge < -0.3 is 14.2 Å². The van der Waals surface area contributed by atoms with Crippen LogP contribution in [-0.4, -0.2) is 56.7 Å². The fraction of sp³-hybridized carbons (Fsp3) is 0.714. The lowest BCUT2D eigenvalue weighted by Crippen LogP contribution is -2.47. The molecule has 3 fully saturated rings. The van der Waals surface area contributed by atoms with E-state index in [0.29, 0.717) is 13.0 Å². The molecular weight excluding hydrogens is 256 g/mol. The second kappa shape index (κ2) is 4.30. The maximum absolute atomic E-state index is 12.1. The third kappa shape index (κ3) is 1.52. The Morgan fingerprint density at radius 3 is 3.25 bits per heavy atom. The number of hydrogen-bond acceptors (Lipinski definition) is 4. The molecule has 0 N–H and O–H groups in total. The first-order chi connectivity index (χ1) is 9.74. The maximum Gasteiger partial charge on any atom is 0.226 e. The molecule has 0 aliphatic carbocycles. The quantitative estimate of drug-likeness (QED) is 0.803. The molecule has 3 saturated heterocycles. The van der Waals surface area contributed by atoms with Crippen LogP contribution in [0.15, 0.2) is 12.4 Å². The molecule has 6 heteroatoms. The predicted octanol–water partition coefficient (Wildman–Crippen LogP) is 0.436. The summed E-state index contributed by atoms with van der Waals surface area (Å²) < 4.78 is 8.16. The molecule has 0 aromatic carbocycles. The van der Waals surface area contributed by atoms with Crippen molar-refractivity contribution >= 4 is 5.91 Å². The van der Waals surface area contributed by atoms with Gasteiger partial charge in [-0.3, -0.25) is 9.69 Å². The van der Waals surface area contributed by atoms with E-state index < -0.39 is 0 Å². The molecule has 6 nitrogen and oxygen atoms in total. The van der Waals surface area contributed by atoms with Crippen molar-refractivity contribution < 1.29 is 9.53 Å². The average Bonchev–Trinajstić information content (AvgIpc) is 3.16. The van der Waals surface area contributed by atoms with Gasteiger partial charge in [0.15, 0.2) is 5.72 Å². The van der Waals surface area contributed by atoms with Crippen molar-refractivity contribution in [2.75, 3.05) is 19.7 Å². The van der Waals surface area contributed by atoms with Crippen LogP contribution in [0.5, 0.6) is 0 Å². The Kier molecular flexibility index (Phi) is 2.65. The van der Waals surface area contributed by atoms with Crippen LogP contribution >= 0.6 is 0 Å². The first-order valence-electron chi connectivity index (χ1n) is 7.43. The molecule has 1 aromatic heterocycles. The molecule has 3 aliphatic rings. The third-order valence-electron chi connectivity index (χ3n) is 5.00. The summed E-state index contributed by atoms with van der Waals surface area (Å²) in [4.78, 5) is 20.9. The summed E-state index contributed by atoms with van der Waals surface area (Å²) in [6, 6.07) is 0.194. The molecule has 0 unspecified atom stereocenters. The van der Waals surface area contributed by atoms with Crippen LogP contribution in [0.1, 0.15) is 25.6 Å². The largest absolute Gasteiger partial charge is 0.352 e. The van der Waals surface area contributed by atoms with Gasteiger partial charge in [-0.2, -0.15) is 0 Å². The minimum Gasteiger partial charge on any atom is -0.352 e. The number of ether oxygens (including phenoxy) is 1. The highest BCUT2D eigenvalue weighted by Gasteiger charge is 2.61. The topological polar surface area (TPSA) is 50.6 Å². The zero-order chi connectivity index (χ0) is 13.7. The lowest BCUT2D eigenvalue weighted by atomic mass is 10.1. The van der Waals surface area contributed by atoms with Crippen molar-refractivity contribution in [1.82, 2.24) is 19.4 Å². The van der Waals surface area contributed by atoms with Crippen LogP contribution < -0.4 is 0 Å². The van der Waals surface area contributed by atoms with Gasteiger partial charge in [0.05, 0.1) is 19.2 Å². The number of carbonyl (C=O) groups excluding carboxylic acids is 1. The van der Waals surface area contributed by atoms with Crippen LogP contribution in [0.25, 0.3) is 0 Å². The first-order valence-corrected chi connectivity index (χ1v) is 7.43. The van der Waals surface area contributed by atoms with E-state index >= 15 is 0 Å². The Balaban J connectivity index is 1.58. The van der Waals surface area contributed by atoms with E-state index in [2.05, 4.69) is 21.4 Å².